The van der Waals surface area contributed by atoms with Crippen molar-refractivity contribution in [2.24, 2.45) is 0 Å². The largest absolute Gasteiger partial charge is 0.368 e. The fourth-order valence-corrected chi connectivity index (χ4v) is 2.64. The summed E-state index contributed by atoms with van der Waals surface area (Å²) in [5, 5.41) is 1.44. The van der Waals surface area contributed by atoms with E-state index in [1.165, 1.54) is 0 Å². The minimum atomic E-state index is -0.759. The molecule has 2 rings (SSSR count). The summed E-state index contributed by atoms with van der Waals surface area (Å²) in [6.45, 7) is 2.29. The molecule has 0 radical (unpaired) electrons. The van der Waals surface area contributed by atoms with Gasteiger partial charge in [-0.2, -0.15) is 0 Å². The highest BCUT2D eigenvalue weighted by atomic mass is 31.0. The highest BCUT2D eigenvalue weighted by Gasteiger charge is 2.33. The summed E-state index contributed by atoms with van der Waals surface area (Å²) >= 11 is 0. The Hall–Kier alpha value is -0.100. The van der Waals surface area contributed by atoms with Crippen LogP contribution in [0.4, 0.5) is 8.78 Å². The van der Waals surface area contributed by atoms with Gasteiger partial charge in [0.2, 0.25) is 0 Å². The lowest BCUT2D eigenvalue weighted by Gasteiger charge is -2.13. The van der Waals surface area contributed by atoms with Crippen molar-refractivity contribution < 1.29 is 13.5 Å². The van der Waals surface area contributed by atoms with E-state index in [0.717, 1.165) is 5.30 Å². The quantitative estimate of drug-likeness (QED) is 0.572. The Morgan fingerprint density at radius 1 is 1.27 bits per heavy atom. The van der Waals surface area contributed by atoms with Crippen molar-refractivity contribution in [2.75, 3.05) is 6.61 Å². The van der Waals surface area contributed by atoms with Crippen LogP contribution in [-0.2, 0) is 11.2 Å². The molecule has 0 bridgehead atoms. The molecule has 1 aromatic carbocycles. The monoisotopic (exact) mass is 248 g/mol. The average molecular weight is 248 g/mol. The molecule has 0 N–H and O–H groups in total. The second-order valence-electron chi connectivity index (χ2n) is 3.52. The summed E-state index contributed by atoms with van der Waals surface area (Å²) < 4.78 is 32.4. The first-order valence-electron chi connectivity index (χ1n) is 4.74. The summed E-state index contributed by atoms with van der Waals surface area (Å²) in [4.78, 5) is 0. The minimum Gasteiger partial charge on any atom is -0.368 e. The lowest BCUT2D eigenvalue weighted by Crippen LogP contribution is -2.25. The molecule has 3 unspecified atom stereocenters. The fraction of sp³-hybridized carbons (Fsp3) is 0.400. The second-order valence-corrected chi connectivity index (χ2v) is 4.68. The average Bonchev–Trinajstić information content (AvgIpc) is 3.00. The molecule has 1 aromatic rings. The topological polar surface area (TPSA) is 12.5 Å². The molecular formula is C10H12F2OP2. The van der Waals surface area contributed by atoms with Gasteiger partial charge in [0.25, 0.3) is 0 Å². The van der Waals surface area contributed by atoms with Crippen molar-refractivity contribution in [3.63, 3.8) is 0 Å². The van der Waals surface area contributed by atoms with Crippen LogP contribution >= 0.6 is 18.5 Å². The zero-order chi connectivity index (χ0) is 11.2. The third-order valence-corrected chi connectivity index (χ3v) is 4.22. The molecule has 1 fully saturated rings. The molecule has 0 aliphatic carbocycles. The van der Waals surface area contributed by atoms with E-state index in [1.807, 2.05) is 6.92 Å². The van der Waals surface area contributed by atoms with Gasteiger partial charge in [-0.25, -0.2) is 8.78 Å². The van der Waals surface area contributed by atoms with E-state index in [1.54, 1.807) is 0 Å². The molecule has 3 atom stereocenters. The molecule has 0 amide bonds. The van der Waals surface area contributed by atoms with Gasteiger partial charge in [0.05, 0.1) is 6.61 Å². The third-order valence-electron chi connectivity index (χ3n) is 2.61. The van der Waals surface area contributed by atoms with Crippen LogP contribution in [0, 0.1) is 11.6 Å². The summed E-state index contributed by atoms with van der Waals surface area (Å²) in [5.74, 6) is -1.50. The van der Waals surface area contributed by atoms with Crippen LogP contribution in [0.5, 0.6) is 0 Å². The molecule has 1 saturated heterocycles. The van der Waals surface area contributed by atoms with Crippen molar-refractivity contribution in [3.8, 4) is 0 Å². The summed E-state index contributed by atoms with van der Waals surface area (Å²) in [7, 11) is 4.94. The number of hydrogen-bond donors (Lipinski definition) is 0. The Kier molecular flexibility index (Phi) is 3.07. The number of rotatable bonds is 2. The molecular weight excluding hydrogens is 236 g/mol. The van der Waals surface area contributed by atoms with Gasteiger partial charge in [0.15, 0.2) is 11.6 Å². The summed E-state index contributed by atoms with van der Waals surface area (Å²) in [6.07, 6.45) is 0.214. The van der Waals surface area contributed by atoms with E-state index < -0.39 is 11.6 Å². The van der Waals surface area contributed by atoms with Crippen LogP contribution in [0.1, 0.15) is 24.2 Å². The Labute approximate surface area is 92.0 Å². The van der Waals surface area contributed by atoms with Gasteiger partial charge in [-0.3, -0.25) is 0 Å². The normalized spacial score (nSPS) is 19.4. The predicted molar refractivity (Wildman–Crippen MR) is 63.1 cm³/mol. The summed E-state index contributed by atoms with van der Waals surface area (Å²) in [6, 6.07) is 0. The van der Waals surface area contributed by atoms with Gasteiger partial charge in [-0.1, -0.05) is 6.92 Å². The molecule has 1 nitrogen and oxygen atoms in total. The maximum atomic E-state index is 13.7. The number of benzene rings is 1. The Balaban J connectivity index is 2.67. The standard InChI is InChI=1S/C10H12F2OP2/c1-2-4-7(11)8(12)6(5-3-13-5)10(15)9(4)14/h5H,2-3,14-15H2,1H3. The third kappa shape index (κ3) is 1.82. The van der Waals surface area contributed by atoms with Crippen molar-refractivity contribution in [1.29, 1.82) is 0 Å². The lowest BCUT2D eigenvalue weighted by atomic mass is 10.1. The van der Waals surface area contributed by atoms with Crippen LogP contribution in [0.25, 0.3) is 0 Å². The van der Waals surface area contributed by atoms with Crippen molar-refractivity contribution in [2.45, 2.75) is 19.4 Å². The van der Waals surface area contributed by atoms with E-state index in [9.17, 15) is 8.78 Å². The highest BCUT2D eigenvalue weighted by molar-refractivity contribution is 7.36. The number of epoxide rings is 1. The molecule has 0 saturated carbocycles. The molecule has 5 heteroatoms. The minimum absolute atomic E-state index is 0.266. The summed E-state index contributed by atoms with van der Waals surface area (Å²) in [5.41, 5.74) is 0.770. The van der Waals surface area contributed by atoms with E-state index in [-0.39, 0.29) is 6.10 Å². The Morgan fingerprint density at radius 3 is 2.33 bits per heavy atom. The van der Waals surface area contributed by atoms with E-state index in [4.69, 9.17) is 4.74 Å². The van der Waals surface area contributed by atoms with Gasteiger partial charge in [-0.05, 0) is 22.6 Å². The lowest BCUT2D eigenvalue weighted by molar-refractivity contribution is 0.402. The first-order chi connectivity index (χ1) is 7.07. The van der Waals surface area contributed by atoms with E-state index >= 15 is 0 Å². The maximum Gasteiger partial charge on any atom is 0.165 e. The highest BCUT2D eigenvalue weighted by Crippen LogP contribution is 2.33. The SMILES string of the molecule is CCc1c(F)c(F)c(C2CO2)c(P)c1P. The molecule has 82 valence electrons. The Morgan fingerprint density at radius 2 is 1.87 bits per heavy atom. The van der Waals surface area contributed by atoms with Crippen LogP contribution in [0.3, 0.4) is 0 Å². The van der Waals surface area contributed by atoms with Crippen LogP contribution in [0.15, 0.2) is 0 Å². The smallest absolute Gasteiger partial charge is 0.165 e. The molecule has 1 aliphatic heterocycles. The second kappa shape index (κ2) is 4.05. The van der Waals surface area contributed by atoms with E-state index in [0.29, 0.717) is 29.5 Å². The first kappa shape index (κ1) is 11.4. The zero-order valence-corrected chi connectivity index (χ0v) is 10.6. The van der Waals surface area contributed by atoms with Crippen molar-refractivity contribution in [1.82, 2.24) is 0 Å². The molecule has 0 spiro atoms. The van der Waals surface area contributed by atoms with Gasteiger partial charge in [0, 0.05) is 5.56 Å². The first-order valence-corrected chi connectivity index (χ1v) is 5.89. The maximum absolute atomic E-state index is 13.7. The van der Waals surface area contributed by atoms with Crippen molar-refractivity contribution in [3.05, 3.63) is 22.8 Å². The fourth-order valence-electron chi connectivity index (χ4n) is 1.67. The van der Waals surface area contributed by atoms with Crippen LogP contribution in [-0.4, -0.2) is 6.61 Å². The molecule has 0 aromatic heterocycles. The van der Waals surface area contributed by atoms with Gasteiger partial charge >= 0.3 is 0 Å². The number of hydrogen-bond acceptors (Lipinski definition) is 1. The van der Waals surface area contributed by atoms with Crippen molar-refractivity contribution >= 4 is 29.1 Å². The van der Waals surface area contributed by atoms with Crippen LogP contribution in [0.2, 0.25) is 0 Å². The number of halogens is 2. The van der Waals surface area contributed by atoms with Gasteiger partial charge < -0.3 is 4.74 Å². The van der Waals surface area contributed by atoms with Gasteiger partial charge in [-0.15, -0.1) is 18.5 Å². The molecule has 1 heterocycles. The zero-order valence-electron chi connectivity index (χ0n) is 8.31. The molecule has 15 heavy (non-hydrogen) atoms. The number of ether oxygens (including phenoxy) is 1. The molecule has 1 aliphatic rings. The van der Waals surface area contributed by atoms with Gasteiger partial charge in [0.1, 0.15) is 6.10 Å². The Bertz CT molecular complexity index is 387. The predicted octanol–water partition coefficient (Wildman–Crippen LogP) is 1.60. The van der Waals surface area contributed by atoms with Crippen LogP contribution < -0.4 is 10.6 Å². The van der Waals surface area contributed by atoms with E-state index in [2.05, 4.69) is 18.5 Å².